The molecule has 1 aromatic carbocycles. The zero-order valence-corrected chi connectivity index (χ0v) is 41.4. The van der Waals surface area contributed by atoms with Crippen molar-refractivity contribution in [2.75, 3.05) is 34.3 Å². The zero-order chi connectivity index (χ0) is 49.2. The summed E-state index contributed by atoms with van der Waals surface area (Å²) in [7, 11) is 5.13. The average molecular weight is 937 g/mol. The van der Waals surface area contributed by atoms with Crippen molar-refractivity contribution in [1.29, 1.82) is 0 Å². The van der Waals surface area contributed by atoms with Gasteiger partial charge in [0.1, 0.15) is 35.8 Å². The van der Waals surface area contributed by atoms with Crippen molar-refractivity contribution in [3.8, 4) is 0 Å². The SMILES string of the molecule is CC[C@H]1OC(=O)[C@H](C)[C@@H](O[C@H]2C[C@@](C)(OC)[C@@H](O)[C@H](C)O2)[C@H](C)[C@@H](O[C@@H]2O[C@H](C)C[C@H](N(C)CCc3ccc(C[C@@H]4CN(C)C(=O)O4)cc3)[C@H]2O)[C@](C)(O)C[C@@H](C)C(=O)[C@H](C)[C@@H](O)[C@]1(C)O. The molecular formula is C49H80N2O15. The normalized spacial score (nSPS) is 43.4. The Kier molecular flexibility index (Phi) is 17.9. The lowest BCUT2D eigenvalue weighted by molar-refractivity contribution is -0.318. The van der Waals surface area contributed by atoms with Crippen LogP contribution in [-0.4, -0.2) is 178 Å². The molecule has 1 amide bonds. The van der Waals surface area contributed by atoms with E-state index in [0.717, 1.165) is 11.1 Å². The van der Waals surface area contributed by atoms with Gasteiger partial charge in [0, 0.05) is 57.3 Å². The Labute approximate surface area is 391 Å². The van der Waals surface area contributed by atoms with Gasteiger partial charge in [-0.1, -0.05) is 52.0 Å². The molecule has 4 aliphatic rings. The van der Waals surface area contributed by atoms with Gasteiger partial charge in [0.05, 0.1) is 54.2 Å². The van der Waals surface area contributed by atoms with Gasteiger partial charge in [0.15, 0.2) is 12.6 Å². The number of likely N-dealkylation sites (N-methyl/N-ethyl adjacent to an activating group) is 2. The molecule has 5 rings (SSSR count). The molecule has 0 unspecified atom stereocenters. The first-order chi connectivity index (χ1) is 30.7. The number of rotatable bonds is 12. The van der Waals surface area contributed by atoms with Crippen molar-refractivity contribution in [3.05, 3.63) is 35.4 Å². The number of Topliss-reactive ketones (excluding diaryl/α,β-unsaturated/α-hetero) is 1. The van der Waals surface area contributed by atoms with Crippen LogP contribution in [0.1, 0.15) is 106 Å². The number of cyclic esters (lactones) is 2. The largest absolute Gasteiger partial charge is 0.459 e. The van der Waals surface area contributed by atoms with Crippen LogP contribution in [0.5, 0.6) is 0 Å². The summed E-state index contributed by atoms with van der Waals surface area (Å²) >= 11 is 0. The van der Waals surface area contributed by atoms with E-state index in [4.69, 9.17) is 33.2 Å². The van der Waals surface area contributed by atoms with E-state index in [2.05, 4.69) is 17.0 Å². The van der Waals surface area contributed by atoms with Crippen molar-refractivity contribution in [2.45, 2.75) is 198 Å². The molecule has 4 fully saturated rings. The summed E-state index contributed by atoms with van der Waals surface area (Å²) in [4.78, 5) is 43.8. The predicted octanol–water partition coefficient (Wildman–Crippen LogP) is 3.39. The molecular weight excluding hydrogens is 857 g/mol. The van der Waals surface area contributed by atoms with Crippen molar-refractivity contribution in [2.24, 2.45) is 23.7 Å². The third-order valence-electron chi connectivity index (χ3n) is 15.0. The van der Waals surface area contributed by atoms with Crippen molar-refractivity contribution >= 4 is 17.8 Å². The second-order valence-electron chi connectivity index (χ2n) is 20.6. The number of benzene rings is 1. The van der Waals surface area contributed by atoms with Gasteiger partial charge < -0.3 is 68.5 Å². The molecule has 0 aliphatic carbocycles. The standard InChI is InChI=1S/C49H80N2O15/c1-14-36-49(10,59)41(54)28(4)38(52)26(2)23-47(8,58)43(29(5)40(30(6)44(56)64-36)65-37-24-48(9,60-13)42(55)31(7)62-37)66-45-39(53)35(21-27(3)61-45)50(11)20-19-32-15-17-33(18-16-32)22-34-25-51(12)46(57)63-34/h15-18,26-31,34-37,39-43,45,53-55,58-59H,14,19-25H2,1-13H3/t26-,27-,28+,29+,30-,31+,34-,35+,36-,37+,39-,40+,41-,42+,43-,45+,47-,48-,49-/m1/s1. The fourth-order valence-corrected chi connectivity index (χ4v) is 10.7. The number of nitrogens with zero attached hydrogens (tertiary/aromatic N) is 2. The summed E-state index contributed by atoms with van der Waals surface area (Å²) in [5.41, 5.74) is -2.81. The van der Waals surface area contributed by atoms with Gasteiger partial charge in [-0.25, -0.2) is 4.79 Å². The smallest absolute Gasteiger partial charge is 0.409 e. The molecule has 4 saturated heterocycles. The summed E-state index contributed by atoms with van der Waals surface area (Å²) in [5, 5.41) is 59.0. The number of hydrogen-bond acceptors (Lipinski definition) is 16. The van der Waals surface area contributed by atoms with E-state index >= 15 is 0 Å². The van der Waals surface area contributed by atoms with Crippen LogP contribution in [0.3, 0.4) is 0 Å². The first-order valence-electron chi connectivity index (χ1n) is 23.8. The van der Waals surface area contributed by atoms with Gasteiger partial charge in [-0.3, -0.25) is 9.59 Å². The van der Waals surface area contributed by atoms with Gasteiger partial charge in [-0.05, 0) is 85.4 Å². The molecule has 66 heavy (non-hydrogen) atoms. The van der Waals surface area contributed by atoms with Crippen LogP contribution >= 0.6 is 0 Å². The Morgan fingerprint density at radius 3 is 2.09 bits per heavy atom. The van der Waals surface area contributed by atoms with Crippen molar-refractivity contribution in [1.82, 2.24) is 9.80 Å². The number of carbonyl (C=O) groups is 3. The fraction of sp³-hybridized carbons (Fsp3) is 0.816. The van der Waals surface area contributed by atoms with Crippen LogP contribution in [0, 0.1) is 23.7 Å². The molecule has 376 valence electrons. The molecule has 0 aromatic heterocycles. The van der Waals surface area contributed by atoms with Crippen LogP contribution in [0.15, 0.2) is 24.3 Å². The number of amides is 1. The van der Waals surface area contributed by atoms with E-state index in [1.165, 1.54) is 27.9 Å². The maximum Gasteiger partial charge on any atom is 0.409 e. The minimum Gasteiger partial charge on any atom is -0.459 e. The van der Waals surface area contributed by atoms with Crippen LogP contribution in [0.4, 0.5) is 4.79 Å². The van der Waals surface area contributed by atoms with Crippen LogP contribution in [0.2, 0.25) is 0 Å². The number of methoxy groups -OCH3 is 1. The highest BCUT2D eigenvalue weighted by molar-refractivity contribution is 5.83. The Morgan fingerprint density at radius 1 is 0.864 bits per heavy atom. The molecule has 0 bridgehead atoms. The van der Waals surface area contributed by atoms with E-state index in [1.807, 2.05) is 26.1 Å². The lowest BCUT2D eigenvalue weighted by atomic mass is 9.74. The number of hydrogen-bond donors (Lipinski definition) is 5. The minimum atomic E-state index is -2.03. The zero-order valence-electron chi connectivity index (χ0n) is 41.4. The molecule has 4 heterocycles. The van der Waals surface area contributed by atoms with E-state index in [9.17, 15) is 39.9 Å². The molecule has 1 aromatic rings. The number of ketones is 1. The van der Waals surface area contributed by atoms with Gasteiger partial charge in [-0.15, -0.1) is 0 Å². The van der Waals surface area contributed by atoms with Crippen LogP contribution < -0.4 is 0 Å². The Morgan fingerprint density at radius 2 is 1.50 bits per heavy atom. The highest BCUT2D eigenvalue weighted by atomic mass is 16.7. The second kappa shape index (κ2) is 21.9. The van der Waals surface area contributed by atoms with Gasteiger partial charge in [0.25, 0.3) is 0 Å². The third-order valence-corrected chi connectivity index (χ3v) is 15.0. The summed E-state index contributed by atoms with van der Waals surface area (Å²) in [6.45, 7) is 17.5. The topological polar surface area (TPSA) is 223 Å². The molecule has 0 radical (unpaired) electrons. The number of aliphatic hydroxyl groups excluding tert-OH is 3. The lowest BCUT2D eigenvalue weighted by Crippen LogP contribution is -2.61. The van der Waals surface area contributed by atoms with Gasteiger partial charge >= 0.3 is 12.1 Å². The van der Waals surface area contributed by atoms with Gasteiger partial charge in [0.2, 0.25) is 0 Å². The molecule has 4 aliphatic heterocycles. The number of ether oxygens (including phenoxy) is 7. The first-order valence-corrected chi connectivity index (χ1v) is 23.8. The summed E-state index contributed by atoms with van der Waals surface area (Å²) in [6.07, 6.45) is -9.57. The first kappa shape index (κ1) is 54.1. The third kappa shape index (κ3) is 12.1. The van der Waals surface area contributed by atoms with E-state index in [0.29, 0.717) is 32.4 Å². The molecule has 19 atom stereocenters. The van der Waals surface area contributed by atoms with E-state index < -0.39 is 114 Å². The van der Waals surface area contributed by atoms with Crippen molar-refractivity contribution in [3.63, 3.8) is 0 Å². The summed E-state index contributed by atoms with van der Waals surface area (Å²) in [6, 6.07) is 7.76. The van der Waals surface area contributed by atoms with Gasteiger partial charge in [-0.2, -0.15) is 0 Å². The maximum absolute atomic E-state index is 14.3. The van der Waals surface area contributed by atoms with Crippen LogP contribution in [-0.2, 0) is 55.6 Å². The Hall–Kier alpha value is -2.81. The Balaban J connectivity index is 1.44. The number of esters is 1. The average Bonchev–Trinajstić information content (AvgIpc) is 3.58. The molecule has 0 spiro atoms. The summed E-state index contributed by atoms with van der Waals surface area (Å²) in [5.74, 6) is -5.18. The second-order valence-corrected chi connectivity index (χ2v) is 20.6. The monoisotopic (exact) mass is 937 g/mol. The summed E-state index contributed by atoms with van der Waals surface area (Å²) < 4.78 is 43.2. The lowest BCUT2D eigenvalue weighted by Gasteiger charge is -2.49. The van der Waals surface area contributed by atoms with Crippen molar-refractivity contribution < 1.29 is 73.1 Å². The van der Waals surface area contributed by atoms with Crippen LogP contribution in [0.25, 0.3) is 0 Å². The maximum atomic E-state index is 14.3. The quantitative estimate of drug-likeness (QED) is 0.190. The molecule has 17 nitrogen and oxygen atoms in total. The van der Waals surface area contributed by atoms with E-state index in [-0.39, 0.29) is 37.6 Å². The number of aliphatic hydroxyl groups is 5. The Bertz CT molecular complexity index is 1780. The van der Waals surface area contributed by atoms with E-state index in [1.54, 1.807) is 53.5 Å². The molecule has 17 heteroatoms. The highest BCUT2D eigenvalue weighted by Gasteiger charge is 2.53. The minimum absolute atomic E-state index is 0.0688. The fourth-order valence-electron chi connectivity index (χ4n) is 10.7. The molecule has 0 saturated carbocycles. The number of carbonyl (C=O) groups excluding carboxylic acids is 3. The predicted molar refractivity (Wildman–Crippen MR) is 242 cm³/mol. The highest BCUT2D eigenvalue weighted by Crippen LogP contribution is 2.41. The molecule has 5 N–H and O–H groups in total.